The van der Waals surface area contributed by atoms with E-state index in [-0.39, 0.29) is 0 Å². The van der Waals surface area contributed by atoms with Crippen LogP contribution in [0.5, 0.6) is 0 Å². The van der Waals surface area contributed by atoms with E-state index in [1.165, 1.54) is 38.8 Å². The van der Waals surface area contributed by atoms with Gasteiger partial charge in [0, 0.05) is 12.5 Å². The minimum absolute atomic E-state index is 0.551. The van der Waals surface area contributed by atoms with Crippen LogP contribution in [0.1, 0.15) is 59.3 Å². The molecule has 0 spiro atoms. The number of unbranched alkanes of at least 4 members (excludes halogenated alkanes) is 2. The van der Waals surface area contributed by atoms with Gasteiger partial charge in [0.1, 0.15) is 0 Å². The van der Waals surface area contributed by atoms with E-state index < -0.39 is 0 Å². The molecule has 2 nitrogen and oxygen atoms in total. The molecule has 0 aromatic heterocycles. The number of thiocarbonyl (C=S) groups is 1. The van der Waals surface area contributed by atoms with Crippen LogP contribution in [-0.4, -0.2) is 29.0 Å². The smallest absolute Gasteiger partial charge is 0.0743 e. The van der Waals surface area contributed by atoms with Gasteiger partial charge in [-0.05, 0) is 32.4 Å². The summed E-state index contributed by atoms with van der Waals surface area (Å²) in [6.45, 7) is 9.10. The van der Waals surface area contributed by atoms with Crippen LogP contribution in [0.2, 0.25) is 0 Å². The topological polar surface area (TPSA) is 29.3 Å². The molecule has 0 heterocycles. The predicted octanol–water partition coefficient (Wildman–Crippen LogP) is 3.34. The highest BCUT2D eigenvalue weighted by Gasteiger charge is 2.16. The van der Waals surface area contributed by atoms with Gasteiger partial charge in [0.2, 0.25) is 0 Å². The van der Waals surface area contributed by atoms with Crippen molar-refractivity contribution in [1.29, 1.82) is 0 Å². The first kappa shape index (κ1) is 15.9. The number of nitrogens with two attached hydrogens (primary N) is 1. The third-order valence-corrected chi connectivity index (χ3v) is 3.19. The first-order valence-electron chi connectivity index (χ1n) is 6.67. The van der Waals surface area contributed by atoms with Gasteiger partial charge >= 0.3 is 0 Å². The molecule has 96 valence electrons. The van der Waals surface area contributed by atoms with Crippen LogP contribution in [0, 0.1) is 0 Å². The molecule has 0 aromatic rings. The van der Waals surface area contributed by atoms with Crippen molar-refractivity contribution in [1.82, 2.24) is 4.90 Å². The van der Waals surface area contributed by atoms with E-state index >= 15 is 0 Å². The average molecular weight is 244 g/mol. The summed E-state index contributed by atoms with van der Waals surface area (Å²) < 4.78 is 0. The second kappa shape index (κ2) is 10.0. The van der Waals surface area contributed by atoms with Crippen molar-refractivity contribution in [3.05, 3.63) is 0 Å². The second-order valence-electron chi connectivity index (χ2n) is 4.48. The molecule has 0 radical (unpaired) electrons. The maximum atomic E-state index is 5.67. The molecular weight excluding hydrogens is 216 g/mol. The molecule has 0 fully saturated rings. The Hall–Kier alpha value is -0.150. The standard InChI is InChI=1S/C13H28N2S/c1-4-7-9-15(10-8-5-2)12(6-3)11-13(14)16/h12H,4-11H2,1-3H3,(H2,14,16). The van der Waals surface area contributed by atoms with E-state index in [2.05, 4.69) is 25.7 Å². The quantitative estimate of drug-likeness (QED) is 0.598. The van der Waals surface area contributed by atoms with Gasteiger partial charge in [0.15, 0.2) is 0 Å². The number of hydrogen-bond donors (Lipinski definition) is 1. The molecule has 0 aliphatic rings. The van der Waals surface area contributed by atoms with Gasteiger partial charge in [-0.25, -0.2) is 0 Å². The van der Waals surface area contributed by atoms with Gasteiger partial charge < -0.3 is 5.73 Å². The van der Waals surface area contributed by atoms with Crippen LogP contribution in [0.15, 0.2) is 0 Å². The lowest BCUT2D eigenvalue weighted by Crippen LogP contribution is -2.38. The lowest BCUT2D eigenvalue weighted by Gasteiger charge is -2.30. The molecule has 1 unspecified atom stereocenters. The molecule has 0 saturated heterocycles. The summed E-state index contributed by atoms with van der Waals surface area (Å²) >= 11 is 5.03. The van der Waals surface area contributed by atoms with Gasteiger partial charge in [-0.1, -0.05) is 45.8 Å². The Morgan fingerprint density at radius 3 is 1.94 bits per heavy atom. The highest BCUT2D eigenvalue weighted by molar-refractivity contribution is 7.80. The Morgan fingerprint density at radius 2 is 1.62 bits per heavy atom. The van der Waals surface area contributed by atoms with E-state index in [0.717, 1.165) is 12.8 Å². The number of rotatable bonds is 10. The molecule has 0 rings (SSSR count). The Bertz CT molecular complexity index is 175. The fourth-order valence-electron chi connectivity index (χ4n) is 1.96. The maximum absolute atomic E-state index is 5.67. The SMILES string of the molecule is CCCCN(CCCC)C(CC)CC(N)=S. The highest BCUT2D eigenvalue weighted by atomic mass is 32.1. The minimum atomic E-state index is 0.551. The first-order valence-corrected chi connectivity index (χ1v) is 7.08. The number of hydrogen-bond acceptors (Lipinski definition) is 2. The zero-order valence-electron chi connectivity index (χ0n) is 11.2. The Balaban J connectivity index is 4.23. The van der Waals surface area contributed by atoms with E-state index in [9.17, 15) is 0 Å². The van der Waals surface area contributed by atoms with Crippen LogP contribution in [-0.2, 0) is 0 Å². The fourth-order valence-corrected chi connectivity index (χ4v) is 2.16. The van der Waals surface area contributed by atoms with Crippen LogP contribution in [0.3, 0.4) is 0 Å². The van der Waals surface area contributed by atoms with Crippen molar-refractivity contribution in [2.45, 2.75) is 65.3 Å². The van der Waals surface area contributed by atoms with Gasteiger partial charge in [0.05, 0.1) is 4.99 Å². The van der Waals surface area contributed by atoms with E-state index in [1.807, 2.05) is 0 Å². The van der Waals surface area contributed by atoms with Crippen LogP contribution in [0.4, 0.5) is 0 Å². The van der Waals surface area contributed by atoms with Gasteiger partial charge in [-0.3, -0.25) is 4.90 Å². The monoisotopic (exact) mass is 244 g/mol. The van der Waals surface area contributed by atoms with Crippen molar-refractivity contribution < 1.29 is 0 Å². The van der Waals surface area contributed by atoms with Crippen LogP contribution in [0.25, 0.3) is 0 Å². The summed E-state index contributed by atoms with van der Waals surface area (Å²) in [5.74, 6) is 0. The van der Waals surface area contributed by atoms with Crippen molar-refractivity contribution in [3.8, 4) is 0 Å². The molecule has 3 heteroatoms. The molecule has 2 N–H and O–H groups in total. The lowest BCUT2D eigenvalue weighted by atomic mass is 10.1. The summed E-state index contributed by atoms with van der Waals surface area (Å²) in [6.07, 6.45) is 7.08. The van der Waals surface area contributed by atoms with E-state index in [1.54, 1.807) is 0 Å². The van der Waals surface area contributed by atoms with Gasteiger partial charge in [-0.15, -0.1) is 0 Å². The third kappa shape index (κ3) is 7.18. The Labute approximate surface area is 107 Å². The van der Waals surface area contributed by atoms with Crippen LogP contribution < -0.4 is 5.73 Å². The maximum Gasteiger partial charge on any atom is 0.0743 e. The summed E-state index contributed by atoms with van der Waals surface area (Å²) in [5, 5.41) is 0. The zero-order valence-corrected chi connectivity index (χ0v) is 12.0. The first-order chi connectivity index (χ1) is 7.65. The van der Waals surface area contributed by atoms with Crippen molar-refractivity contribution >= 4 is 17.2 Å². The summed E-state index contributed by atoms with van der Waals surface area (Å²) in [5.41, 5.74) is 5.67. The van der Waals surface area contributed by atoms with E-state index in [4.69, 9.17) is 18.0 Å². The lowest BCUT2D eigenvalue weighted by molar-refractivity contribution is 0.189. The van der Waals surface area contributed by atoms with Crippen LogP contribution >= 0.6 is 12.2 Å². The normalized spacial score (nSPS) is 13.0. The second-order valence-corrected chi connectivity index (χ2v) is 5.00. The summed E-state index contributed by atoms with van der Waals surface area (Å²) in [7, 11) is 0. The zero-order chi connectivity index (χ0) is 12.4. The van der Waals surface area contributed by atoms with E-state index in [0.29, 0.717) is 11.0 Å². The summed E-state index contributed by atoms with van der Waals surface area (Å²) in [4.78, 5) is 3.23. The molecular formula is C13H28N2S. The number of nitrogens with zero attached hydrogens (tertiary/aromatic N) is 1. The molecule has 0 saturated carbocycles. The molecule has 0 amide bonds. The third-order valence-electron chi connectivity index (χ3n) is 3.02. The Morgan fingerprint density at radius 1 is 1.12 bits per heavy atom. The van der Waals surface area contributed by atoms with Crippen molar-refractivity contribution in [3.63, 3.8) is 0 Å². The average Bonchev–Trinajstić information content (AvgIpc) is 2.26. The van der Waals surface area contributed by atoms with Crippen molar-refractivity contribution in [2.75, 3.05) is 13.1 Å². The van der Waals surface area contributed by atoms with Crippen molar-refractivity contribution in [2.24, 2.45) is 5.73 Å². The predicted molar refractivity (Wildman–Crippen MR) is 76.9 cm³/mol. The molecule has 1 atom stereocenters. The molecule has 0 aliphatic carbocycles. The van der Waals surface area contributed by atoms with Gasteiger partial charge in [-0.2, -0.15) is 0 Å². The molecule has 0 aromatic carbocycles. The summed E-state index contributed by atoms with van der Waals surface area (Å²) in [6, 6.07) is 0.551. The minimum Gasteiger partial charge on any atom is -0.393 e. The van der Waals surface area contributed by atoms with Gasteiger partial charge in [0.25, 0.3) is 0 Å². The molecule has 0 aliphatic heterocycles. The molecule has 16 heavy (non-hydrogen) atoms. The fraction of sp³-hybridized carbons (Fsp3) is 0.923. The highest BCUT2D eigenvalue weighted by Crippen LogP contribution is 2.12. The largest absolute Gasteiger partial charge is 0.393 e. The Kier molecular flexibility index (Phi) is 9.94. The molecule has 0 bridgehead atoms.